The quantitative estimate of drug-likeness (QED) is 0.337. The molecule has 0 saturated heterocycles. The molecule has 2 aromatic carbocycles. The molecule has 0 saturated carbocycles. The number of carbonyl (C=O) groups is 1. The van der Waals surface area contributed by atoms with Crippen molar-refractivity contribution in [3.8, 4) is 0 Å². The van der Waals surface area contributed by atoms with Crippen molar-refractivity contribution in [3.05, 3.63) is 60.2 Å². The van der Waals surface area contributed by atoms with Crippen LogP contribution in [0.5, 0.6) is 0 Å². The first-order chi connectivity index (χ1) is 10.8. The molecule has 0 aliphatic heterocycles. The molecule has 7 nitrogen and oxygen atoms in total. The second-order valence-corrected chi connectivity index (χ2v) is 6.12. The molecule has 2 aromatic rings. The Bertz CT molecular complexity index is 729. The van der Waals surface area contributed by atoms with Crippen molar-refractivity contribution in [1.82, 2.24) is 5.43 Å². The number of benzene rings is 2. The van der Waals surface area contributed by atoms with Crippen LogP contribution in [0.3, 0.4) is 0 Å². The zero-order chi connectivity index (χ0) is 17.5. The summed E-state index contributed by atoms with van der Waals surface area (Å²) in [6.07, 6.45) is 0. The second kappa shape index (κ2) is 8.28. The summed E-state index contributed by atoms with van der Waals surface area (Å²) in [6, 6.07) is 14.6. The summed E-state index contributed by atoms with van der Waals surface area (Å²) >= 11 is 0. The number of hydrogen-bond donors (Lipinski definition) is 3. The Labute approximate surface area is 135 Å². The molecule has 2 rings (SSSR count). The van der Waals surface area contributed by atoms with Crippen molar-refractivity contribution in [1.29, 1.82) is 0 Å². The fourth-order valence-corrected chi connectivity index (χ4v) is 2.09. The van der Waals surface area contributed by atoms with Crippen LogP contribution in [0, 0.1) is 0 Å². The lowest BCUT2D eigenvalue weighted by molar-refractivity contribution is 0.0953. The first-order valence-corrected chi connectivity index (χ1v) is 8.00. The highest BCUT2D eigenvalue weighted by Crippen LogP contribution is 2.11. The molecule has 0 aromatic heterocycles. The van der Waals surface area contributed by atoms with E-state index in [1.54, 1.807) is 30.3 Å². The van der Waals surface area contributed by atoms with Crippen LogP contribution in [0.1, 0.15) is 10.4 Å². The van der Waals surface area contributed by atoms with Crippen LogP contribution >= 0.6 is 0 Å². The van der Waals surface area contributed by atoms with Crippen molar-refractivity contribution in [2.45, 2.75) is 4.90 Å². The van der Waals surface area contributed by atoms with Crippen LogP contribution in [0.15, 0.2) is 59.5 Å². The number of nitrogens with one attached hydrogen (secondary N) is 1. The van der Waals surface area contributed by atoms with Crippen molar-refractivity contribution in [3.63, 3.8) is 0 Å². The molecular formula is C15H19N3O4S. The van der Waals surface area contributed by atoms with E-state index in [0.717, 1.165) is 5.69 Å². The topological polar surface area (TPSA) is 113 Å². The lowest BCUT2D eigenvalue weighted by atomic mass is 10.2. The number of hydrogen-bond acceptors (Lipinski definition) is 5. The first kappa shape index (κ1) is 18.6. The molecule has 0 aliphatic carbocycles. The SMILES string of the molecule is CN(C)c1ccc(C(=O)NN)cc1.O=S(=O)(O)c1ccccc1. The Morgan fingerprint density at radius 1 is 1.04 bits per heavy atom. The predicted octanol–water partition coefficient (Wildman–Crippen LogP) is 1.29. The van der Waals surface area contributed by atoms with E-state index in [1.165, 1.54) is 12.1 Å². The van der Waals surface area contributed by atoms with Gasteiger partial charge in [0.05, 0.1) is 4.90 Å². The van der Waals surface area contributed by atoms with Gasteiger partial charge in [-0.25, -0.2) is 5.84 Å². The minimum atomic E-state index is -4.00. The molecule has 0 bridgehead atoms. The van der Waals surface area contributed by atoms with E-state index >= 15 is 0 Å². The molecule has 0 radical (unpaired) electrons. The smallest absolute Gasteiger partial charge is 0.294 e. The summed E-state index contributed by atoms with van der Waals surface area (Å²) in [5, 5.41) is 0. The monoisotopic (exact) mass is 337 g/mol. The van der Waals surface area contributed by atoms with E-state index in [-0.39, 0.29) is 10.8 Å². The molecule has 1 amide bonds. The summed E-state index contributed by atoms with van der Waals surface area (Å²) in [5.74, 6) is 4.72. The van der Waals surface area contributed by atoms with Gasteiger partial charge in [0.2, 0.25) is 0 Å². The fraction of sp³-hybridized carbons (Fsp3) is 0.133. The second-order valence-electron chi connectivity index (χ2n) is 4.70. The van der Waals surface area contributed by atoms with E-state index in [2.05, 4.69) is 5.43 Å². The van der Waals surface area contributed by atoms with E-state index in [0.29, 0.717) is 5.56 Å². The third kappa shape index (κ3) is 6.07. The van der Waals surface area contributed by atoms with Gasteiger partial charge in [-0.15, -0.1) is 0 Å². The molecule has 124 valence electrons. The molecule has 0 heterocycles. The van der Waals surface area contributed by atoms with Gasteiger partial charge in [0, 0.05) is 25.3 Å². The summed E-state index contributed by atoms with van der Waals surface area (Å²) in [5.41, 5.74) is 3.69. The zero-order valence-corrected chi connectivity index (χ0v) is 13.6. The average molecular weight is 337 g/mol. The van der Waals surface area contributed by atoms with Crippen molar-refractivity contribution < 1.29 is 17.8 Å². The molecule has 0 atom stereocenters. The Morgan fingerprint density at radius 3 is 1.91 bits per heavy atom. The highest BCUT2D eigenvalue weighted by atomic mass is 32.2. The number of carbonyl (C=O) groups excluding carboxylic acids is 1. The highest BCUT2D eigenvalue weighted by molar-refractivity contribution is 7.85. The minimum Gasteiger partial charge on any atom is -0.378 e. The van der Waals surface area contributed by atoms with Gasteiger partial charge in [0.25, 0.3) is 16.0 Å². The van der Waals surface area contributed by atoms with Gasteiger partial charge >= 0.3 is 0 Å². The largest absolute Gasteiger partial charge is 0.378 e. The van der Waals surface area contributed by atoms with Crippen LogP contribution in [-0.2, 0) is 10.1 Å². The fourth-order valence-electron chi connectivity index (χ4n) is 1.59. The van der Waals surface area contributed by atoms with E-state index in [1.807, 2.05) is 31.1 Å². The van der Waals surface area contributed by atoms with Gasteiger partial charge in [-0.05, 0) is 36.4 Å². The number of amides is 1. The van der Waals surface area contributed by atoms with Gasteiger partial charge in [0.1, 0.15) is 0 Å². The van der Waals surface area contributed by atoms with E-state index in [4.69, 9.17) is 10.4 Å². The highest BCUT2D eigenvalue weighted by Gasteiger charge is 2.05. The first-order valence-electron chi connectivity index (χ1n) is 6.56. The number of nitrogens with two attached hydrogens (primary N) is 1. The summed E-state index contributed by atoms with van der Waals surface area (Å²) < 4.78 is 29.2. The third-order valence-electron chi connectivity index (χ3n) is 2.82. The van der Waals surface area contributed by atoms with Gasteiger partial charge in [0.15, 0.2) is 0 Å². The Hall–Kier alpha value is -2.42. The summed E-state index contributed by atoms with van der Waals surface area (Å²) in [7, 11) is -0.118. The molecule has 8 heteroatoms. The number of nitrogens with zero attached hydrogens (tertiary/aromatic N) is 1. The zero-order valence-electron chi connectivity index (χ0n) is 12.8. The van der Waals surface area contributed by atoms with E-state index < -0.39 is 10.1 Å². The molecule has 23 heavy (non-hydrogen) atoms. The lowest BCUT2D eigenvalue weighted by Crippen LogP contribution is -2.29. The summed E-state index contributed by atoms with van der Waals surface area (Å²) in [4.78, 5) is 12.9. The normalized spacial score (nSPS) is 10.3. The average Bonchev–Trinajstić information content (AvgIpc) is 2.55. The van der Waals surface area contributed by atoms with Crippen LogP contribution < -0.4 is 16.2 Å². The van der Waals surface area contributed by atoms with E-state index in [9.17, 15) is 13.2 Å². The number of hydrazine groups is 1. The Kier molecular flexibility index (Phi) is 6.70. The predicted molar refractivity (Wildman–Crippen MR) is 88.7 cm³/mol. The molecule has 0 fully saturated rings. The molecule has 0 aliphatic rings. The molecule has 4 N–H and O–H groups in total. The standard InChI is InChI=1S/C9H13N3O.C6H6O3S/c1-12(2)8-5-3-7(4-6-8)9(13)11-10;7-10(8,9)6-4-2-1-3-5-6/h3-6H,10H2,1-2H3,(H,11,13);1-5H,(H,7,8,9). The van der Waals surface area contributed by atoms with Crippen LogP contribution in [0.25, 0.3) is 0 Å². The maximum atomic E-state index is 11.0. The van der Waals surface area contributed by atoms with Crippen LogP contribution in [0.4, 0.5) is 5.69 Å². The Morgan fingerprint density at radius 2 is 1.57 bits per heavy atom. The van der Waals surface area contributed by atoms with Gasteiger partial charge < -0.3 is 4.90 Å². The van der Waals surface area contributed by atoms with Crippen molar-refractivity contribution >= 4 is 21.7 Å². The van der Waals surface area contributed by atoms with Crippen LogP contribution in [0.2, 0.25) is 0 Å². The van der Waals surface area contributed by atoms with Gasteiger partial charge in [-0.3, -0.25) is 14.8 Å². The van der Waals surface area contributed by atoms with Crippen molar-refractivity contribution in [2.24, 2.45) is 5.84 Å². The molecule has 0 spiro atoms. The van der Waals surface area contributed by atoms with Gasteiger partial charge in [-0.1, -0.05) is 18.2 Å². The summed E-state index contributed by atoms with van der Waals surface area (Å²) in [6.45, 7) is 0. The number of rotatable bonds is 3. The molecule has 0 unspecified atom stereocenters. The maximum Gasteiger partial charge on any atom is 0.294 e. The Balaban J connectivity index is 0.000000238. The number of anilines is 1. The van der Waals surface area contributed by atoms with Gasteiger partial charge in [-0.2, -0.15) is 8.42 Å². The molecular weight excluding hydrogens is 318 g/mol. The lowest BCUT2D eigenvalue weighted by Gasteiger charge is -2.12. The van der Waals surface area contributed by atoms with Crippen LogP contribution in [-0.4, -0.2) is 33.0 Å². The third-order valence-corrected chi connectivity index (χ3v) is 3.69. The number of nitrogen functional groups attached to an aromatic ring is 1. The maximum absolute atomic E-state index is 11.0. The van der Waals surface area contributed by atoms with Crippen molar-refractivity contribution in [2.75, 3.05) is 19.0 Å². The minimum absolute atomic E-state index is 0.0741.